The first-order chi connectivity index (χ1) is 4.84. The summed E-state index contributed by atoms with van der Waals surface area (Å²) in [5.74, 6) is 5.30. The van der Waals surface area contributed by atoms with Gasteiger partial charge in [0.2, 0.25) is 0 Å². The van der Waals surface area contributed by atoms with Crippen LogP contribution in [0.1, 0.15) is 0 Å². The highest BCUT2D eigenvalue weighted by atomic mass is 15.2. The fraction of sp³-hybridized carbons (Fsp3) is 0.167. The zero-order valence-corrected chi connectivity index (χ0v) is 5.54. The van der Waals surface area contributed by atoms with E-state index in [2.05, 4.69) is 10.4 Å². The highest BCUT2D eigenvalue weighted by molar-refractivity contribution is 5.96. The second-order valence-corrected chi connectivity index (χ2v) is 1.90. The molecule has 0 radical (unpaired) electrons. The van der Waals surface area contributed by atoms with Gasteiger partial charge < -0.3 is 16.9 Å². The molecule has 0 atom stereocenters. The third-order valence-electron chi connectivity index (χ3n) is 1.22. The Hall–Kier alpha value is -1.45. The Kier molecular flexibility index (Phi) is 1.94. The van der Waals surface area contributed by atoms with Crippen molar-refractivity contribution in [3.63, 3.8) is 0 Å². The van der Waals surface area contributed by atoms with Crippen LogP contribution in [0, 0.1) is 0 Å². The van der Waals surface area contributed by atoms with Gasteiger partial charge in [0.15, 0.2) is 5.84 Å². The highest BCUT2D eigenvalue weighted by Gasteiger charge is 2.00. The van der Waals surface area contributed by atoms with E-state index in [1.165, 1.54) is 0 Å². The van der Waals surface area contributed by atoms with E-state index in [-0.39, 0.29) is 0 Å². The molecule has 1 rings (SSSR count). The average molecular weight is 138 g/mol. The Balaban J connectivity index is 2.72. The number of nitrogens with two attached hydrogens (primary N) is 2. The minimum Gasteiger partial charge on any atom is -0.381 e. The molecule has 0 fully saturated rings. The van der Waals surface area contributed by atoms with Crippen molar-refractivity contribution in [1.29, 1.82) is 0 Å². The summed E-state index contributed by atoms with van der Waals surface area (Å²) in [6.45, 7) is 0.780. The summed E-state index contributed by atoms with van der Waals surface area (Å²) < 4.78 is 0. The summed E-state index contributed by atoms with van der Waals surface area (Å²) >= 11 is 0. The van der Waals surface area contributed by atoms with E-state index in [4.69, 9.17) is 11.6 Å². The molecule has 0 spiro atoms. The fourth-order valence-electron chi connectivity index (χ4n) is 0.706. The minimum absolute atomic E-state index is 0.337. The molecule has 10 heavy (non-hydrogen) atoms. The summed E-state index contributed by atoms with van der Waals surface area (Å²) in [6, 6.07) is 0. The van der Waals surface area contributed by atoms with Crippen molar-refractivity contribution in [1.82, 2.24) is 5.32 Å². The van der Waals surface area contributed by atoms with E-state index in [0.29, 0.717) is 5.84 Å². The van der Waals surface area contributed by atoms with E-state index < -0.39 is 0 Å². The van der Waals surface area contributed by atoms with Crippen LogP contribution < -0.4 is 16.9 Å². The zero-order valence-electron chi connectivity index (χ0n) is 5.54. The Morgan fingerprint density at radius 1 is 1.70 bits per heavy atom. The van der Waals surface area contributed by atoms with Gasteiger partial charge in [-0.15, -0.1) is 0 Å². The Bertz CT molecular complexity index is 202. The van der Waals surface area contributed by atoms with Crippen molar-refractivity contribution in [2.75, 3.05) is 6.54 Å². The number of amidine groups is 1. The molecule has 1 aliphatic heterocycles. The molecule has 1 heterocycles. The van der Waals surface area contributed by atoms with Crippen molar-refractivity contribution >= 4 is 5.84 Å². The van der Waals surface area contributed by atoms with Crippen molar-refractivity contribution in [2.24, 2.45) is 16.7 Å². The second-order valence-electron chi connectivity index (χ2n) is 1.90. The quantitative estimate of drug-likeness (QED) is 0.193. The van der Waals surface area contributed by atoms with Gasteiger partial charge in [0, 0.05) is 6.54 Å². The van der Waals surface area contributed by atoms with Crippen LogP contribution in [0.5, 0.6) is 0 Å². The first kappa shape index (κ1) is 6.67. The number of dihydropyridines is 1. The maximum Gasteiger partial charge on any atom is 0.166 e. The lowest BCUT2D eigenvalue weighted by Crippen LogP contribution is -2.28. The summed E-state index contributed by atoms with van der Waals surface area (Å²) in [5.41, 5.74) is 6.19. The number of hydrazone groups is 1. The van der Waals surface area contributed by atoms with Gasteiger partial charge >= 0.3 is 0 Å². The average Bonchev–Trinajstić information content (AvgIpc) is 2.05. The van der Waals surface area contributed by atoms with E-state index in [1.54, 1.807) is 0 Å². The Morgan fingerprint density at radius 2 is 2.50 bits per heavy atom. The molecule has 0 bridgehead atoms. The first-order valence-electron chi connectivity index (χ1n) is 2.99. The summed E-state index contributed by atoms with van der Waals surface area (Å²) in [5, 5.41) is 6.35. The number of hydrogen-bond donors (Lipinski definition) is 3. The van der Waals surface area contributed by atoms with Gasteiger partial charge in [-0.05, 0) is 6.08 Å². The molecule has 1 aliphatic rings. The monoisotopic (exact) mass is 138 g/mol. The molecule has 4 heteroatoms. The number of nitrogens with zero attached hydrogens (tertiary/aromatic N) is 1. The molecular weight excluding hydrogens is 128 g/mol. The lowest BCUT2D eigenvalue weighted by atomic mass is 10.3. The molecular formula is C6H10N4. The minimum atomic E-state index is 0.337. The largest absolute Gasteiger partial charge is 0.381 e. The molecule has 0 aliphatic carbocycles. The van der Waals surface area contributed by atoms with E-state index in [0.717, 1.165) is 12.2 Å². The predicted octanol–water partition coefficient (Wildman–Crippen LogP) is -0.739. The zero-order chi connectivity index (χ0) is 7.40. The van der Waals surface area contributed by atoms with Gasteiger partial charge in [-0.3, -0.25) is 0 Å². The molecule has 5 N–H and O–H groups in total. The number of allylic oxidation sites excluding steroid dienone is 2. The SMILES string of the molecule is NN=C(N)C1=CC=CCN1. The van der Waals surface area contributed by atoms with Gasteiger partial charge in [-0.25, -0.2) is 0 Å². The normalized spacial score (nSPS) is 18.0. The van der Waals surface area contributed by atoms with Gasteiger partial charge in [-0.1, -0.05) is 12.2 Å². The van der Waals surface area contributed by atoms with Crippen LogP contribution in [0.3, 0.4) is 0 Å². The maximum atomic E-state index is 5.41. The number of hydrogen-bond acceptors (Lipinski definition) is 3. The summed E-state index contributed by atoms with van der Waals surface area (Å²) in [6.07, 6.45) is 5.71. The molecule has 0 saturated heterocycles. The summed E-state index contributed by atoms with van der Waals surface area (Å²) in [7, 11) is 0. The predicted molar refractivity (Wildman–Crippen MR) is 41.0 cm³/mol. The molecule has 54 valence electrons. The number of rotatable bonds is 1. The van der Waals surface area contributed by atoms with Crippen molar-refractivity contribution in [3.8, 4) is 0 Å². The van der Waals surface area contributed by atoms with Gasteiger partial charge in [0.1, 0.15) is 0 Å². The van der Waals surface area contributed by atoms with E-state index in [9.17, 15) is 0 Å². The van der Waals surface area contributed by atoms with Crippen LogP contribution in [0.15, 0.2) is 29.0 Å². The topological polar surface area (TPSA) is 76.4 Å². The molecule has 0 amide bonds. The first-order valence-corrected chi connectivity index (χ1v) is 2.99. The Labute approximate surface area is 59.3 Å². The third kappa shape index (κ3) is 1.28. The van der Waals surface area contributed by atoms with Crippen LogP contribution in [-0.2, 0) is 0 Å². The van der Waals surface area contributed by atoms with Crippen LogP contribution in [0.25, 0.3) is 0 Å². The maximum absolute atomic E-state index is 5.41. The fourth-order valence-corrected chi connectivity index (χ4v) is 0.706. The summed E-state index contributed by atoms with van der Waals surface area (Å²) in [4.78, 5) is 0. The van der Waals surface area contributed by atoms with Gasteiger partial charge in [0.05, 0.1) is 5.70 Å². The molecule has 4 nitrogen and oxygen atoms in total. The van der Waals surface area contributed by atoms with Crippen molar-refractivity contribution < 1.29 is 0 Å². The standard InChI is InChI=1S/C6H10N4/c7-6(10-8)5-3-1-2-4-9-5/h1-3,9H,4,8H2,(H2,7,10). The molecule has 0 aromatic heterocycles. The third-order valence-corrected chi connectivity index (χ3v) is 1.22. The van der Waals surface area contributed by atoms with Gasteiger partial charge in [0.25, 0.3) is 0 Å². The number of nitrogens with one attached hydrogen (secondary N) is 1. The molecule has 0 aromatic rings. The van der Waals surface area contributed by atoms with Crippen LogP contribution in [0.4, 0.5) is 0 Å². The Morgan fingerprint density at radius 3 is 3.00 bits per heavy atom. The molecule has 0 unspecified atom stereocenters. The van der Waals surface area contributed by atoms with Crippen molar-refractivity contribution in [2.45, 2.75) is 0 Å². The molecule has 0 saturated carbocycles. The van der Waals surface area contributed by atoms with Crippen molar-refractivity contribution in [3.05, 3.63) is 23.9 Å². The van der Waals surface area contributed by atoms with E-state index >= 15 is 0 Å². The van der Waals surface area contributed by atoms with Crippen LogP contribution in [-0.4, -0.2) is 12.4 Å². The highest BCUT2D eigenvalue weighted by Crippen LogP contribution is 1.94. The van der Waals surface area contributed by atoms with Crippen LogP contribution >= 0.6 is 0 Å². The smallest absolute Gasteiger partial charge is 0.166 e. The second kappa shape index (κ2) is 2.91. The molecule has 0 aromatic carbocycles. The van der Waals surface area contributed by atoms with Gasteiger partial charge in [-0.2, -0.15) is 5.10 Å². The van der Waals surface area contributed by atoms with Crippen LogP contribution in [0.2, 0.25) is 0 Å². The lowest BCUT2D eigenvalue weighted by Gasteiger charge is -2.09. The lowest BCUT2D eigenvalue weighted by molar-refractivity contribution is 0.928. The van der Waals surface area contributed by atoms with E-state index in [1.807, 2.05) is 18.2 Å².